The molecule has 0 aliphatic rings. The number of thioether (sulfide) groups is 1. The Morgan fingerprint density at radius 2 is 1.91 bits per heavy atom. The number of aryl methyl sites for hydroxylation is 1. The number of nitrogens with zero attached hydrogens (tertiary/aromatic N) is 2. The van der Waals surface area contributed by atoms with Crippen molar-refractivity contribution in [2.45, 2.75) is 44.3 Å². The zero-order chi connectivity index (χ0) is 23.2. The average molecular weight is 478 g/mol. The van der Waals surface area contributed by atoms with Crippen molar-refractivity contribution >= 4 is 40.0 Å². The normalized spacial score (nSPS) is 12.1. The molecule has 5 nitrogen and oxygen atoms in total. The summed E-state index contributed by atoms with van der Waals surface area (Å²) in [4.78, 5) is 31.8. The van der Waals surface area contributed by atoms with Crippen molar-refractivity contribution in [1.29, 1.82) is 0 Å². The summed E-state index contributed by atoms with van der Waals surface area (Å²) in [6, 6.07) is 19.9. The fourth-order valence-corrected chi connectivity index (χ4v) is 5.29. The molecule has 2 heterocycles. The van der Waals surface area contributed by atoms with E-state index in [0.29, 0.717) is 11.6 Å². The number of hydrogen-bond acceptors (Lipinski definition) is 5. The maximum atomic E-state index is 13.3. The van der Waals surface area contributed by atoms with Crippen LogP contribution in [-0.2, 0) is 11.3 Å². The molecule has 0 spiro atoms. The molecule has 4 aromatic rings. The van der Waals surface area contributed by atoms with Crippen LogP contribution in [0.1, 0.15) is 41.8 Å². The summed E-state index contributed by atoms with van der Waals surface area (Å²) in [5, 5.41) is 5.49. The maximum Gasteiger partial charge on any atom is 0.283 e. The number of thiophene rings is 1. The quantitative estimate of drug-likeness (QED) is 0.320. The molecule has 4 rings (SSSR count). The smallest absolute Gasteiger partial charge is 0.283 e. The molecule has 1 atom stereocenters. The van der Waals surface area contributed by atoms with Crippen molar-refractivity contribution in [2.24, 2.45) is 0 Å². The van der Waals surface area contributed by atoms with E-state index in [9.17, 15) is 9.59 Å². The van der Waals surface area contributed by atoms with E-state index in [1.165, 1.54) is 17.3 Å². The third kappa shape index (κ3) is 5.72. The molecule has 0 unspecified atom stereocenters. The molecule has 1 N–H and O–H groups in total. The van der Waals surface area contributed by atoms with Gasteiger partial charge in [-0.3, -0.25) is 14.2 Å². The second-order valence-corrected chi connectivity index (χ2v) is 9.94. The number of carbonyl (C=O) groups is 1. The van der Waals surface area contributed by atoms with Crippen LogP contribution in [0.3, 0.4) is 0 Å². The molecular formula is C26H27N3O2S2. The minimum absolute atomic E-state index is 0.00542. The zero-order valence-corrected chi connectivity index (χ0v) is 20.4. The molecule has 7 heteroatoms. The summed E-state index contributed by atoms with van der Waals surface area (Å²) in [5.74, 6) is 0.0581. The Hall–Kier alpha value is -2.90. The van der Waals surface area contributed by atoms with E-state index in [0.717, 1.165) is 34.3 Å². The molecule has 33 heavy (non-hydrogen) atoms. The first-order chi connectivity index (χ1) is 16.0. The molecule has 0 saturated carbocycles. The number of fused-ring (bicyclic) bond motifs is 1. The highest BCUT2D eigenvalue weighted by atomic mass is 32.2. The van der Waals surface area contributed by atoms with Gasteiger partial charge in [-0.2, -0.15) is 0 Å². The lowest BCUT2D eigenvalue weighted by Crippen LogP contribution is -2.30. The molecule has 1 amide bonds. The summed E-state index contributed by atoms with van der Waals surface area (Å²) < 4.78 is 1.75. The lowest BCUT2D eigenvalue weighted by atomic mass is 10.1. The van der Waals surface area contributed by atoms with Crippen LogP contribution < -0.4 is 10.9 Å². The van der Waals surface area contributed by atoms with E-state index >= 15 is 0 Å². The highest BCUT2D eigenvalue weighted by Gasteiger charge is 2.17. The van der Waals surface area contributed by atoms with Gasteiger partial charge in [-0.05, 0) is 42.5 Å². The molecule has 0 fully saturated rings. The predicted molar refractivity (Wildman–Crippen MR) is 137 cm³/mol. The largest absolute Gasteiger partial charge is 0.348 e. The lowest BCUT2D eigenvalue weighted by molar-refractivity contribution is -0.119. The van der Waals surface area contributed by atoms with Crippen LogP contribution in [0.15, 0.2) is 75.9 Å². The fraction of sp³-hybridized carbons (Fsp3) is 0.269. The van der Waals surface area contributed by atoms with Gasteiger partial charge in [-0.1, -0.05) is 73.1 Å². The van der Waals surface area contributed by atoms with Crippen LogP contribution in [0, 0.1) is 6.92 Å². The number of carbonyl (C=O) groups excluding carboxylic acids is 1. The second kappa shape index (κ2) is 10.8. The minimum atomic E-state index is -0.171. The van der Waals surface area contributed by atoms with E-state index in [-0.39, 0.29) is 23.3 Å². The van der Waals surface area contributed by atoms with E-state index in [4.69, 9.17) is 0 Å². The van der Waals surface area contributed by atoms with Crippen LogP contribution in [0.5, 0.6) is 0 Å². The first kappa shape index (κ1) is 23.3. The molecular weight excluding hydrogens is 450 g/mol. The first-order valence-electron chi connectivity index (χ1n) is 11.1. The Bertz CT molecular complexity index is 1280. The number of nitrogens with one attached hydrogen (secondary N) is 1. The zero-order valence-electron chi connectivity index (χ0n) is 18.8. The molecule has 170 valence electrons. The van der Waals surface area contributed by atoms with E-state index in [1.807, 2.05) is 73.0 Å². The number of rotatable bonds is 9. The average Bonchev–Trinajstić information content (AvgIpc) is 3.36. The van der Waals surface area contributed by atoms with Crippen molar-refractivity contribution in [2.75, 3.05) is 5.75 Å². The molecule has 0 aliphatic heterocycles. The van der Waals surface area contributed by atoms with E-state index in [2.05, 4.69) is 17.2 Å². The number of hydrogen-bond donors (Lipinski definition) is 1. The molecule has 0 aliphatic carbocycles. The van der Waals surface area contributed by atoms with Gasteiger partial charge in [0.2, 0.25) is 5.91 Å². The van der Waals surface area contributed by atoms with Gasteiger partial charge in [0.05, 0.1) is 29.4 Å². The summed E-state index contributed by atoms with van der Waals surface area (Å²) in [5.41, 5.74) is 3.59. The Morgan fingerprint density at radius 3 is 2.64 bits per heavy atom. The minimum Gasteiger partial charge on any atom is -0.348 e. The first-order valence-corrected chi connectivity index (χ1v) is 12.9. The van der Waals surface area contributed by atoms with Gasteiger partial charge in [0.1, 0.15) is 0 Å². The van der Waals surface area contributed by atoms with Crippen LogP contribution in [0.2, 0.25) is 0 Å². The van der Waals surface area contributed by atoms with E-state index in [1.54, 1.807) is 15.9 Å². The Balaban J connectivity index is 1.55. The molecule has 0 radical (unpaired) electrons. The second-order valence-electron chi connectivity index (χ2n) is 8.00. The third-order valence-electron chi connectivity index (χ3n) is 5.42. The van der Waals surface area contributed by atoms with E-state index < -0.39 is 0 Å². The maximum absolute atomic E-state index is 13.3. The van der Waals surface area contributed by atoms with Crippen molar-refractivity contribution in [1.82, 2.24) is 14.9 Å². The van der Waals surface area contributed by atoms with Gasteiger partial charge in [0.25, 0.3) is 5.56 Å². The molecule has 2 aromatic heterocycles. The Labute approximate surface area is 201 Å². The van der Waals surface area contributed by atoms with Gasteiger partial charge in [0, 0.05) is 4.88 Å². The Kier molecular flexibility index (Phi) is 7.62. The standard InChI is InChI=1S/C26H27N3O2S2/c1-3-7-21(23-10-6-15-32-23)27-24(30)17-33-25-26(31)29(16-19-13-11-18(2)12-14-19)22-9-5-4-8-20(22)28-25/h4-6,8-15,21H,3,7,16-17H2,1-2H3,(H,27,30)/t21-/m0/s1. The molecule has 2 aromatic carbocycles. The number of aromatic nitrogens is 2. The Morgan fingerprint density at radius 1 is 1.12 bits per heavy atom. The fourth-order valence-electron chi connectivity index (χ4n) is 3.73. The summed E-state index contributed by atoms with van der Waals surface area (Å²) in [6.45, 7) is 4.61. The van der Waals surface area contributed by atoms with Gasteiger partial charge >= 0.3 is 0 Å². The predicted octanol–water partition coefficient (Wildman–Crippen LogP) is 5.56. The number of amides is 1. The third-order valence-corrected chi connectivity index (χ3v) is 7.35. The molecule has 0 saturated heterocycles. The monoisotopic (exact) mass is 477 g/mol. The van der Waals surface area contributed by atoms with Gasteiger partial charge in [-0.25, -0.2) is 4.98 Å². The topological polar surface area (TPSA) is 64.0 Å². The van der Waals surface area contributed by atoms with Crippen LogP contribution >= 0.6 is 23.1 Å². The number of para-hydroxylation sites is 2. The van der Waals surface area contributed by atoms with Gasteiger partial charge in [0.15, 0.2) is 5.03 Å². The van der Waals surface area contributed by atoms with Crippen LogP contribution in [0.25, 0.3) is 11.0 Å². The lowest BCUT2D eigenvalue weighted by Gasteiger charge is -2.17. The summed E-state index contributed by atoms with van der Waals surface area (Å²) >= 11 is 2.85. The summed E-state index contributed by atoms with van der Waals surface area (Å²) in [7, 11) is 0. The van der Waals surface area contributed by atoms with Crippen molar-refractivity contribution in [3.05, 3.63) is 92.4 Å². The number of benzene rings is 2. The summed E-state index contributed by atoms with van der Waals surface area (Å²) in [6.07, 6.45) is 1.86. The highest BCUT2D eigenvalue weighted by Crippen LogP contribution is 2.24. The molecule has 0 bridgehead atoms. The van der Waals surface area contributed by atoms with Crippen molar-refractivity contribution in [3.63, 3.8) is 0 Å². The van der Waals surface area contributed by atoms with Crippen molar-refractivity contribution in [3.8, 4) is 0 Å². The van der Waals surface area contributed by atoms with Crippen LogP contribution in [-0.4, -0.2) is 21.2 Å². The SMILES string of the molecule is CCC[C@H](NC(=O)CSc1nc2ccccc2n(Cc2ccc(C)cc2)c1=O)c1cccs1. The highest BCUT2D eigenvalue weighted by molar-refractivity contribution is 7.99. The van der Waals surface area contributed by atoms with Gasteiger partial charge < -0.3 is 5.32 Å². The van der Waals surface area contributed by atoms with Crippen LogP contribution in [0.4, 0.5) is 0 Å². The van der Waals surface area contributed by atoms with Crippen molar-refractivity contribution < 1.29 is 4.79 Å². The van der Waals surface area contributed by atoms with Gasteiger partial charge in [-0.15, -0.1) is 11.3 Å².